The molecule has 0 saturated heterocycles. The van der Waals surface area contributed by atoms with Crippen molar-refractivity contribution < 1.29 is 38.1 Å². The Morgan fingerprint density at radius 1 is 0.723 bits per heavy atom. The van der Waals surface area contributed by atoms with E-state index in [1.165, 1.54) is 24.3 Å². The summed E-state index contributed by atoms with van der Waals surface area (Å²) in [5, 5.41) is 31.8. The largest absolute Gasteiger partial charge is 0.490 e. The number of carboxylic acid groups (broad SMARTS) is 2. The molecule has 0 fully saturated rings. The van der Waals surface area contributed by atoms with E-state index in [0.29, 0.717) is 26.1 Å². The summed E-state index contributed by atoms with van der Waals surface area (Å²) in [5.74, 6) is -3.40. The van der Waals surface area contributed by atoms with Gasteiger partial charge in [-0.2, -0.15) is 10.2 Å². The van der Waals surface area contributed by atoms with Crippen LogP contribution in [0.5, 0.6) is 11.5 Å². The zero-order chi connectivity index (χ0) is 32.8. The van der Waals surface area contributed by atoms with Crippen LogP contribution >= 0.6 is 47.4 Å². The van der Waals surface area contributed by atoms with Crippen molar-refractivity contribution in [1.29, 1.82) is 0 Å². The Morgan fingerprint density at radius 3 is 1.34 bits per heavy atom. The first-order valence-corrected chi connectivity index (χ1v) is 15.8. The standard InChI is InChI=1S/2C15H17FN2O3.CH3I.CH4.2ClH/c2*1-9-12(10(2)18-17-9)4-3-7-21-14-8-11(15(19)20)5-6-13(14)16;1-2;;;/h2*5-6,8H,3-4,7H2,1-2H3,(H,17,18)(H,19,20);1H3;1H4;2*1H. The van der Waals surface area contributed by atoms with E-state index in [1.807, 2.05) is 32.6 Å². The molecule has 2 aromatic heterocycles. The van der Waals surface area contributed by atoms with Crippen LogP contribution in [-0.4, -0.2) is 60.7 Å². The highest BCUT2D eigenvalue weighted by atomic mass is 127. The number of nitrogens with zero attached hydrogens (tertiary/aromatic N) is 2. The molecule has 4 N–H and O–H groups in total. The Morgan fingerprint density at radius 2 is 1.06 bits per heavy atom. The van der Waals surface area contributed by atoms with E-state index in [9.17, 15) is 18.4 Å². The number of benzene rings is 2. The number of hydrogen-bond donors (Lipinski definition) is 4. The lowest BCUT2D eigenvalue weighted by molar-refractivity contribution is 0.0685. The van der Waals surface area contributed by atoms with E-state index in [1.54, 1.807) is 0 Å². The number of H-pyrrole nitrogens is 2. The lowest BCUT2D eigenvalue weighted by atomic mass is 10.1. The van der Waals surface area contributed by atoms with Crippen LogP contribution in [0, 0.1) is 39.3 Å². The first-order chi connectivity index (χ1) is 21.0. The van der Waals surface area contributed by atoms with E-state index in [0.717, 1.165) is 58.9 Å². The van der Waals surface area contributed by atoms with Crippen molar-refractivity contribution in [3.63, 3.8) is 0 Å². The van der Waals surface area contributed by atoms with E-state index in [-0.39, 0.29) is 54.9 Å². The van der Waals surface area contributed by atoms with Crippen molar-refractivity contribution in [1.82, 2.24) is 20.4 Å². The molecule has 262 valence electrons. The van der Waals surface area contributed by atoms with Gasteiger partial charge in [0.2, 0.25) is 0 Å². The summed E-state index contributed by atoms with van der Waals surface area (Å²) < 4.78 is 37.7. The van der Waals surface area contributed by atoms with Gasteiger partial charge in [0.25, 0.3) is 0 Å². The number of halogens is 5. The molecule has 4 aromatic rings. The first kappa shape index (κ1) is 45.7. The average Bonchev–Trinajstić information content (AvgIpc) is 3.50. The molecule has 4 rings (SSSR count). The number of carboxylic acids is 2. The summed E-state index contributed by atoms with van der Waals surface area (Å²) in [4.78, 5) is 23.6. The predicted octanol–water partition coefficient (Wildman–Crippen LogP) is 8.28. The van der Waals surface area contributed by atoms with E-state index in [4.69, 9.17) is 19.7 Å². The number of alkyl halides is 1. The van der Waals surface area contributed by atoms with Gasteiger partial charge in [-0.1, -0.05) is 30.0 Å². The number of ether oxygens (including phenoxy) is 2. The Hall–Kier alpha value is -3.43. The SMILES string of the molecule is C.CI.Cc1n[nH]c(C)c1CCCOc1cc(C(=O)O)ccc1F.Cc1n[nH]c(C)c1CCCOc1cc(C(=O)O)ccc1F.Cl.Cl. The van der Waals surface area contributed by atoms with Gasteiger partial charge >= 0.3 is 11.9 Å². The van der Waals surface area contributed by atoms with Crippen LogP contribution in [-0.2, 0) is 12.8 Å². The number of nitrogens with one attached hydrogen (secondary N) is 2. The molecule has 15 heteroatoms. The maximum Gasteiger partial charge on any atom is 0.335 e. The van der Waals surface area contributed by atoms with Gasteiger partial charge in [0, 0.05) is 11.4 Å². The molecule has 2 heterocycles. The molecule has 10 nitrogen and oxygen atoms in total. The highest BCUT2D eigenvalue weighted by Gasteiger charge is 2.12. The molecular formula is C32H43Cl2F2IN4O6. The van der Waals surface area contributed by atoms with E-state index < -0.39 is 23.6 Å². The second kappa shape index (κ2) is 23.0. The van der Waals surface area contributed by atoms with E-state index >= 15 is 0 Å². The normalized spacial score (nSPS) is 9.62. The summed E-state index contributed by atoms with van der Waals surface area (Å²) in [7, 11) is 0. The van der Waals surface area contributed by atoms with Crippen molar-refractivity contribution in [3.8, 4) is 11.5 Å². The fraction of sp³-hybridized carbons (Fsp3) is 0.375. The summed E-state index contributed by atoms with van der Waals surface area (Å²) >= 11 is 2.15. The average molecular weight is 816 g/mol. The Kier molecular flexibility index (Phi) is 22.3. The highest BCUT2D eigenvalue weighted by molar-refractivity contribution is 14.1. The summed E-state index contributed by atoms with van der Waals surface area (Å²) in [6, 6.07) is 7.02. The van der Waals surface area contributed by atoms with Gasteiger partial charge in [0.1, 0.15) is 0 Å². The number of aromatic nitrogens is 4. The zero-order valence-electron chi connectivity index (χ0n) is 26.1. The Balaban J connectivity index is 0. The second-order valence-electron chi connectivity index (χ2n) is 9.63. The topological polar surface area (TPSA) is 150 Å². The Bertz CT molecular complexity index is 1400. The molecule has 0 spiro atoms. The van der Waals surface area contributed by atoms with Crippen LogP contribution in [0.1, 0.15) is 74.9 Å². The van der Waals surface area contributed by atoms with Crippen LogP contribution in [0.2, 0.25) is 0 Å². The minimum Gasteiger partial charge on any atom is -0.490 e. The number of aromatic amines is 2. The van der Waals surface area contributed by atoms with Crippen LogP contribution in [0.3, 0.4) is 0 Å². The van der Waals surface area contributed by atoms with Crippen molar-refractivity contribution in [2.75, 3.05) is 18.1 Å². The molecule has 0 unspecified atom stereocenters. The molecule has 0 amide bonds. The number of aromatic carboxylic acids is 2. The molecule has 0 aliphatic carbocycles. The van der Waals surface area contributed by atoms with Gasteiger partial charge in [0.15, 0.2) is 23.1 Å². The molecule has 2 aromatic carbocycles. The second-order valence-corrected chi connectivity index (χ2v) is 9.63. The number of carbonyl (C=O) groups is 2. The summed E-state index contributed by atoms with van der Waals surface area (Å²) in [6.45, 7) is 8.37. The van der Waals surface area contributed by atoms with Crippen molar-refractivity contribution >= 4 is 59.3 Å². The molecular weight excluding hydrogens is 772 g/mol. The molecule has 0 radical (unpaired) electrons. The monoisotopic (exact) mass is 814 g/mol. The van der Waals surface area contributed by atoms with Gasteiger partial charge in [-0.15, -0.1) is 24.8 Å². The van der Waals surface area contributed by atoms with Crippen LogP contribution in [0.15, 0.2) is 36.4 Å². The third-order valence-electron chi connectivity index (χ3n) is 6.58. The fourth-order valence-electron chi connectivity index (χ4n) is 4.24. The summed E-state index contributed by atoms with van der Waals surface area (Å²) in [6.07, 6.45) is 2.93. The van der Waals surface area contributed by atoms with Crippen LogP contribution in [0.4, 0.5) is 8.78 Å². The van der Waals surface area contributed by atoms with Crippen molar-refractivity contribution in [2.45, 2.75) is 60.8 Å². The van der Waals surface area contributed by atoms with Crippen molar-refractivity contribution in [3.05, 3.63) is 93.1 Å². The van der Waals surface area contributed by atoms with Crippen molar-refractivity contribution in [2.24, 2.45) is 0 Å². The number of rotatable bonds is 12. The van der Waals surface area contributed by atoms with Crippen LogP contribution < -0.4 is 9.47 Å². The van der Waals surface area contributed by atoms with Gasteiger partial charge in [-0.3, -0.25) is 10.2 Å². The molecule has 0 aliphatic heterocycles. The molecule has 0 aliphatic rings. The smallest absolute Gasteiger partial charge is 0.335 e. The molecule has 0 saturated carbocycles. The quantitative estimate of drug-likeness (QED) is 0.0634. The van der Waals surface area contributed by atoms with Gasteiger partial charge in [-0.25, -0.2) is 18.4 Å². The van der Waals surface area contributed by atoms with Gasteiger partial charge in [0.05, 0.1) is 35.7 Å². The third kappa shape index (κ3) is 14.1. The lowest BCUT2D eigenvalue weighted by Gasteiger charge is -2.08. The molecule has 47 heavy (non-hydrogen) atoms. The minimum absolute atomic E-state index is 0. The van der Waals surface area contributed by atoms with Gasteiger partial charge < -0.3 is 19.7 Å². The van der Waals surface area contributed by atoms with E-state index in [2.05, 4.69) is 43.0 Å². The van der Waals surface area contributed by atoms with Gasteiger partial charge in [-0.05, 0) is 106 Å². The molecule has 0 atom stereocenters. The predicted molar refractivity (Wildman–Crippen MR) is 192 cm³/mol. The fourth-order valence-corrected chi connectivity index (χ4v) is 4.24. The third-order valence-corrected chi connectivity index (χ3v) is 6.58. The lowest BCUT2D eigenvalue weighted by Crippen LogP contribution is -2.04. The minimum atomic E-state index is -1.11. The highest BCUT2D eigenvalue weighted by Crippen LogP contribution is 2.21. The maximum absolute atomic E-state index is 13.5. The maximum atomic E-state index is 13.5. The van der Waals surface area contributed by atoms with Crippen LogP contribution in [0.25, 0.3) is 0 Å². The zero-order valence-corrected chi connectivity index (χ0v) is 29.9. The first-order valence-electron chi connectivity index (χ1n) is 13.7. The Labute approximate surface area is 300 Å². The number of aryl methyl sites for hydroxylation is 4. The summed E-state index contributed by atoms with van der Waals surface area (Å²) in [5.41, 5.74) is 6.23. The molecule has 0 bridgehead atoms. The number of hydrogen-bond acceptors (Lipinski definition) is 6.